The molecule has 0 saturated heterocycles. The van der Waals surface area contributed by atoms with Gasteiger partial charge >= 0.3 is 6.16 Å². The smallest absolute Gasteiger partial charge is 0.490 e. The average Bonchev–Trinajstić information content (AvgIpc) is 3.10. The van der Waals surface area contributed by atoms with Crippen molar-refractivity contribution in [3.05, 3.63) is 57.2 Å². The molecular formula is C27H29ClF2N4O4. The van der Waals surface area contributed by atoms with Crippen molar-refractivity contribution in [1.82, 2.24) is 4.98 Å². The fraction of sp³-hybridized carbons (Fsp3) is 0.444. The molecule has 2 aromatic rings. The number of fused-ring (bicyclic) bond motifs is 3. The summed E-state index contributed by atoms with van der Waals surface area (Å²) in [6.07, 6.45) is 5.50. The Bertz CT molecular complexity index is 1400. The van der Waals surface area contributed by atoms with Crippen molar-refractivity contribution in [1.29, 1.82) is 0 Å². The minimum absolute atomic E-state index is 0.107. The van der Waals surface area contributed by atoms with E-state index in [9.17, 15) is 13.6 Å². The number of carbonyl (C=O) groups is 1. The summed E-state index contributed by atoms with van der Waals surface area (Å²) >= 11 is 6.38. The van der Waals surface area contributed by atoms with Gasteiger partial charge in [-0.3, -0.25) is 0 Å². The summed E-state index contributed by atoms with van der Waals surface area (Å²) in [7, 11) is 0. The lowest BCUT2D eigenvalue weighted by molar-refractivity contribution is -0.0116. The summed E-state index contributed by atoms with van der Waals surface area (Å²) in [5.41, 5.74) is 1.64. The maximum Gasteiger partial charge on any atom is 0.533 e. The Morgan fingerprint density at radius 1 is 1.13 bits per heavy atom. The number of anilines is 1. The van der Waals surface area contributed by atoms with Crippen LogP contribution in [0.4, 0.5) is 19.3 Å². The maximum absolute atomic E-state index is 13.5. The van der Waals surface area contributed by atoms with E-state index in [-0.39, 0.29) is 24.3 Å². The molecule has 5 rings (SSSR count). The average molecular weight is 547 g/mol. The van der Waals surface area contributed by atoms with E-state index >= 15 is 0 Å². The number of nitrogens with one attached hydrogen (secondary N) is 1. The van der Waals surface area contributed by atoms with Gasteiger partial charge in [0.05, 0.1) is 35.6 Å². The topological polar surface area (TPSA) is 88.5 Å². The highest BCUT2D eigenvalue weighted by molar-refractivity contribution is 6.34. The van der Waals surface area contributed by atoms with Crippen molar-refractivity contribution in [3.63, 3.8) is 0 Å². The molecule has 1 aliphatic carbocycles. The van der Waals surface area contributed by atoms with E-state index in [1.165, 1.54) is 17.2 Å². The van der Waals surface area contributed by atoms with E-state index in [2.05, 4.69) is 15.2 Å². The molecule has 1 N–H and O–H groups in total. The van der Waals surface area contributed by atoms with Gasteiger partial charge in [-0.25, -0.2) is 13.6 Å². The van der Waals surface area contributed by atoms with E-state index in [0.717, 1.165) is 35.5 Å². The first-order valence-electron chi connectivity index (χ1n) is 12.6. The van der Waals surface area contributed by atoms with E-state index in [1.54, 1.807) is 32.9 Å². The maximum atomic E-state index is 13.5. The number of allylic oxidation sites excluding steroid dienone is 1. The number of rotatable bonds is 4. The molecule has 202 valence electrons. The molecule has 0 unspecified atom stereocenters. The lowest BCUT2D eigenvalue weighted by atomic mass is 9.84. The van der Waals surface area contributed by atoms with Crippen molar-refractivity contribution in [2.24, 2.45) is 16.1 Å². The third kappa shape index (κ3) is 5.85. The van der Waals surface area contributed by atoms with Crippen molar-refractivity contribution >= 4 is 35.2 Å². The first kappa shape index (κ1) is 26.2. The van der Waals surface area contributed by atoms with Crippen LogP contribution in [0, 0.1) is 17.6 Å². The summed E-state index contributed by atoms with van der Waals surface area (Å²) in [6, 6.07) is 3.21. The summed E-state index contributed by atoms with van der Waals surface area (Å²) < 4.78 is 38.3. The van der Waals surface area contributed by atoms with E-state index in [4.69, 9.17) is 25.9 Å². The number of nitrogens with zero attached hydrogens (tertiary/aromatic N) is 3. The number of carbonyl (C=O) groups excluding carboxylic acids is 1. The number of ether oxygens (including phenoxy) is 2. The van der Waals surface area contributed by atoms with Crippen LogP contribution in [-0.2, 0) is 16.1 Å². The standard InChI is InChI=1S/C27H29ClF2N4O4/c1-27(2,3)37-26(35)38-34-9-8-16(28)10-22-25(34)21-14-31-33-23(24(21)32-22)15-4-6-19(7-5-15)36-20-12-17(29)11-18(30)13-20/h8,10-13,15,19,32H,4-7,9,14H2,1-3H3. The molecule has 0 atom stereocenters. The second-order valence-electron chi connectivity index (χ2n) is 10.6. The van der Waals surface area contributed by atoms with Gasteiger partial charge < -0.3 is 19.3 Å². The van der Waals surface area contributed by atoms with Gasteiger partial charge in [0, 0.05) is 34.7 Å². The van der Waals surface area contributed by atoms with Crippen LogP contribution < -0.4 is 20.5 Å². The summed E-state index contributed by atoms with van der Waals surface area (Å²) in [5.74, 6) is -1.03. The molecule has 2 aliphatic heterocycles. The Kier molecular flexibility index (Phi) is 7.17. The zero-order valence-corrected chi connectivity index (χ0v) is 22.1. The fourth-order valence-corrected chi connectivity index (χ4v) is 5.15. The predicted octanol–water partition coefficient (Wildman–Crippen LogP) is 5.59. The van der Waals surface area contributed by atoms with Gasteiger partial charge in [0.1, 0.15) is 28.7 Å². The van der Waals surface area contributed by atoms with Gasteiger partial charge in [-0.2, -0.15) is 15.3 Å². The van der Waals surface area contributed by atoms with Crippen LogP contribution in [0.2, 0.25) is 0 Å². The molecule has 3 aliphatic rings. The normalized spacial score (nSPS) is 21.1. The number of azo groups is 1. The Morgan fingerprint density at radius 2 is 1.84 bits per heavy atom. The number of hydrogen-bond donors (Lipinski definition) is 1. The number of hydroxylamine groups is 1. The molecule has 8 nitrogen and oxygen atoms in total. The van der Waals surface area contributed by atoms with E-state index in [1.807, 2.05) is 0 Å². The Balaban J connectivity index is 1.39. The molecule has 1 aromatic carbocycles. The van der Waals surface area contributed by atoms with Crippen molar-refractivity contribution in [3.8, 4) is 5.75 Å². The van der Waals surface area contributed by atoms with Gasteiger partial charge in [-0.05, 0) is 58.6 Å². The zero-order valence-electron chi connectivity index (χ0n) is 21.4. The first-order chi connectivity index (χ1) is 18.1. The number of aromatic amines is 1. The van der Waals surface area contributed by atoms with Gasteiger partial charge in [0.2, 0.25) is 0 Å². The third-order valence-electron chi connectivity index (χ3n) is 6.52. The SMILES string of the molecule is CC(C)(C)OC(=O)ON1CC=C(Cl)C=c2[nH]c3c(c21)CN=NC=3C1CCC(Oc2cc(F)cc(F)c2)CC1. The minimum Gasteiger partial charge on any atom is -0.490 e. The number of hydrogen-bond acceptors (Lipinski definition) is 7. The summed E-state index contributed by atoms with van der Waals surface area (Å²) in [5, 5.41) is 12.4. The van der Waals surface area contributed by atoms with Crippen LogP contribution in [0.5, 0.6) is 5.75 Å². The third-order valence-corrected chi connectivity index (χ3v) is 6.79. The van der Waals surface area contributed by atoms with Gasteiger partial charge in [0.25, 0.3) is 0 Å². The molecule has 38 heavy (non-hydrogen) atoms. The molecule has 0 radical (unpaired) electrons. The Morgan fingerprint density at radius 3 is 2.53 bits per heavy atom. The number of H-pyrrole nitrogens is 1. The molecule has 11 heteroatoms. The van der Waals surface area contributed by atoms with Gasteiger partial charge in [0.15, 0.2) is 0 Å². The summed E-state index contributed by atoms with van der Waals surface area (Å²) in [6.45, 7) is 5.85. The fourth-order valence-electron chi connectivity index (χ4n) is 4.97. The number of benzene rings is 1. The lowest BCUT2D eigenvalue weighted by Crippen LogP contribution is -2.34. The quantitative estimate of drug-likeness (QED) is 0.505. The van der Waals surface area contributed by atoms with Crippen molar-refractivity contribution in [2.45, 2.75) is 64.7 Å². The predicted molar refractivity (Wildman–Crippen MR) is 138 cm³/mol. The first-order valence-corrected chi connectivity index (χ1v) is 12.9. The van der Waals surface area contributed by atoms with Crippen LogP contribution in [0.25, 0.3) is 11.8 Å². The van der Waals surface area contributed by atoms with Crippen LogP contribution in [0.15, 0.2) is 39.5 Å². The highest BCUT2D eigenvalue weighted by atomic mass is 35.5. The molecule has 1 saturated carbocycles. The van der Waals surface area contributed by atoms with Crippen LogP contribution in [0.1, 0.15) is 52.0 Å². The largest absolute Gasteiger partial charge is 0.533 e. The number of halogens is 3. The zero-order chi connectivity index (χ0) is 27.0. The van der Waals surface area contributed by atoms with E-state index in [0.29, 0.717) is 35.5 Å². The van der Waals surface area contributed by atoms with Gasteiger partial charge in [-0.1, -0.05) is 11.6 Å². The lowest BCUT2D eigenvalue weighted by Gasteiger charge is -2.29. The molecular weight excluding hydrogens is 518 g/mol. The minimum atomic E-state index is -0.817. The van der Waals surface area contributed by atoms with Crippen molar-refractivity contribution in [2.75, 3.05) is 11.6 Å². The molecule has 1 aromatic heterocycles. The molecule has 3 heterocycles. The highest BCUT2D eigenvalue weighted by Gasteiger charge is 2.31. The Hall–Kier alpha value is -3.40. The Labute approximate surface area is 223 Å². The monoisotopic (exact) mass is 546 g/mol. The summed E-state index contributed by atoms with van der Waals surface area (Å²) in [4.78, 5) is 21.5. The van der Waals surface area contributed by atoms with Crippen LogP contribution in [0.3, 0.4) is 0 Å². The van der Waals surface area contributed by atoms with Crippen LogP contribution in [-0.4, -0.2) is 29.4 Å². The second kappa shape index (κ2) is 10.4. The molecule has 0 amide bonds. The molecule has 1 fully saturated rings. The molecule has 0 bridgehead atoms. The highest BCUT2D eigenvalue weighted by Crippen LogP contribution is 2.35. The van der Waals surface area contributed by atoms with Gasteiger partial charge in [-0.15, -0.1) is 0 Å². The number of aromatic nitrogens is 1. The second-order valence-corrected chi connectivity index (χ2v) is 11.0. The molecule has 0 spiro atoms. The van der Waals surface area contributed by atoms with E-state index < -0.39 is 23.4 Å². The van der Waals surface area contributed by atoms with Crippen LogP contribution >= 0.6 is 11.6 Å². The van der Waals surface area contributed by atoms with Crippen molar-refractivity contribution < 1.29 is 27.9 Å².